The predicted octanol–water partition coefficient (Wildman–Crippen LogP) is 5.87. The van der Waals surface area contributed by atoms with E-state index < -0.39 is 0 Å². The molecule has 0 aliphatic carbocycles. The molecule has 0 radical (unpaired) electrons. The van der Waals surface area contributed by atoms with Crippen LogP contribution < -0.4 is 0 Å². The molecule has 0 aliphatic heterocycles. The van der Waals surface area contributed by atoms with Gasteiger partial charge in [0.2, 0.25) is 0 Å². The Bertz CT molecular complexity index is 1050. The third-order valence-electron chi connectivity index (χ3n) is 4.44. The van der Waals surface area contributed by atoms with Crippen LogP contribution in [0.25, 0.3) is 16.5 Å². The number of hydrogen-bond acceptors (Lipinski definition) is 3. The third-order valence-corrected chi connectivity index (χ3v) is 4.44. The van der Waals surface area contributed by atoms with Gasteiger partial charge in [0, 0.05) is 10.9 Å². The number of carbonyl (C=O) groups excluding carboxylic acids is 1. The van der Waals surface area contributed by atoms with Gasteiger partial charge in [0.15, 0.2) is 5.78 Å². The SMILES string of the molecule is C=C(C)c1oc2ccc(C(C)(C)C)cc2c1C(=O)c1ccc(C#N)cc1. The van der Waals surface area contributed by atoms with E-state index >= 15 is 0 Å². The summed E-state index contributed by atoms with van der Waals surface area (Å²) in [5.74, 6) is 0.387. The van der Waals surface area contributed by atoms with E-state index in [9.17, 15) is 4.79 Å². The molecule has 0 atom stereocenters. The van der Waals surface area contributed by atoms with E-state index in [2.05, 4.69) is 33.4 Å². The molecule has 0 amide bonds. The van der Waals surface area contributed by atoms with E-state index in [1.165, 1.54) is 0 Å². The molecule has 3 nitrogen and oxygen atoms in total. The van der Waals surface area contributed by atoms with Crippen molar-refractivity contribution in [2.24, 2.45) is 0 Å². The predicted molar refractivity (Wildman–Crippen MR) is 104 cm³/mol. The zero-order chi connectivity index (χ0) is 19.1. The number of fused-ring (bicyclic) bond motifs is 1. The minimum absolute atomic E-state index is 0.0381. The molecule has 0 spiro atoms. The zero-order valence-corrected chi connectivity index (χ0v) is 15.5. The fraction of sp³-hybridized carbons (Fsp3) is 0.217. The van der Waals surface area contributed by atoms with Gasteiger partial charge in [-0.15, -0.1) is 0 Å². The van der Waals surface area contributed by atoms with Gasteiger partial charge >= 0.3 is 0 Å². The Morgan fingerprint density at radius 2 is 1.77 bits per heavy atom. The lowest BCUT2D eigenvalue weighted by Crippen LogP contribution is -2.11. The average molecular weight is 343 g/mol. The maximum absolute atomic E-state index is 13.2. The normalized spacial score (nSPS) is 11.3. The van der Waals surface area contributed by atoms with Crippen LogP contribution in [-0.4, -0.2) is 5.78 Å². The van der Waals surface area contributed by atoms with Gasteiger partial charge in [0.05, 0.1) is 17.2 Å². The highest BCUT2D eigenvalue weighted by atomic mass is 16.3. The van der Waals surface area contributed by atoms with Crippen molar-refractivity contribution >= 4 is 22.3 Å². The van der Waals surface area contributed by atoms with Crippen molar-refractivity contribution in [2.45, 2.75) is 33.1 Å². The van der Waals surface area contributed by atoms with E-state index in [0.717, 1.165) is 10.9 Å². The van der Waals surface area contributed by atoms with Crippen LogP contribution in [0.4, 0.5) is 0 Å². The van der Waals surface area contributed by atoms with E-state index in [-0.39, 0.29) is 11.2 Å². The van der Waals surface area contributed by atoms with Crippen LogP contribution >= 0.6 is 0 Å². The van der Waals surface area contributed by atoms with Gasteiger partial charge < -0.3 is 4.42 Å². The smallest absolute Gasteiger partial charge is 0.197 e. The van der Waals surface area contributed by atoms with Gasteiger partial charge in [-0.05, 0) is 59.9 Å². The lowest BCUT2D eigenvalue weighted by Gasteiger charge is -2.18. The standard InChI is InChI=1S/C23H21NO2/c1-14(2)22-20(21(25)16-8-6-15(13-24)7-9-16)18-12-17(23(3,4)5)10-11-19(18)26-22/h6-12H,1H2,2-5H3. The average Bonchev–Trinajstić information content (AvgIpc) is 2.99. The number of rotatable bonds is 3. The minimum Gasteiger partial charge on any atom is -0.456 e. The van der Waals surface area contributed by atoms with Crippen LogP contribution in [-0.2, 0) is 5.41 Å². The number of hydrogen-bond donors (Lipinski definition) is 0. The molecule has 1 aromatic heterocycles. The largest absolute Gasteiger partial charge is 0.456 e. The maximum Gasteiger partial charge on any atom is 0.197 e. The Morgan fingerprint density at radius 3 is 2.31 bits per heavy atom. The van der Waals surface area contributed by atoms with Gasteiger partial charge in [-0.25, -0.2) is 0 Å². The Hall–Kier alpha value is -3.12. The quantitative estimate of drug-likeness (QED) is 0.559. The summed E-state index contributed by atoms with van der Waals surface area (Å²) in [5, 5.41) is 9.75. The van der Waals surface area contributed by atoms with Gasteiger partial charge in [-0.2, -0.15) is 5.26 Å². The molecule has 0 aliphatic rings. The number of furan rings is 1. The minimum atomic E-state index is -0.128. The van der Waals surface area contributed by atoms with Crippen LogP contribution in [0.5, 0.6) is 0 Å². The maximum atomic E-state index is 13.2. The summed E-state index contributed by atoms with van der Waals surface area (Å²) in [6.07, 6.45) is 0. The van der Waals surface area contributed by atoms with Gasteiger partial charge in [0.1, 0.15) is 11.3 Å². The molecule has 0 saturated carbocycles. The Morgan fingerprint density at radius 1 is 1.12 bits per heavy atom. The summed E-state index contributed by atoms with van der Waals surface area (Å²) < 4.78 is 5.94. The molecule has 0 bridgehead atoms. The van der Waals surface area contributed by atoms with Crippen molar-refractivity contribution < 1.29 is 9.21 Å². The second kappa shape index (κ2) is 6.31. The first-order valence-corrected chi connectivity index (χ1v) is 8.50. The molecule has 2 aromatic carbocycles. The third kappa shape index (κ3) is 3.07. The van der Waals surface area contributed by atoms with Gasteiger partial charge in [0.25, 0.3) is 0 Å². The van der Waals surface area contributed by atoms with E-state index in [1.54, 1.807) is 24.3 Å². The second-order valence-corrected chi connectivity index (χ2v) is 7.57. The van der Waals surface area contributed by atoms with Crippen LogP contribution in [0.1, 0.15) is 60.5 Å². The number of benzene rings is 2. The number of nitrogens with zero attached hydrogens (tertiary/aromatic N) is 1. The van der Waals surface area contributed by atoms with Crippen molar-refractivity contribution in [2.75, 3.05) is 0 Å². The summed E-state index contributed by atoms with van der Waals surface area (Å²) in [4.78, 5) is 13.2. The van der Waals surface area contributed by atoms with Crippen LogP contribution in [0, 0.1) is 11.3 Å². The Balaban J connectivity index is 2.24. The van der Waals surface area contributed by atoms with E-state index in [4.69, 9.17) is 9.68 Å². The van der Waals surface area contributed by atoms with Crippen LogP contribution in [0.3, 0.4) is 0 Å². The molecular formula is C23H21NO2. The lowest BCUT2D eigenvalue weighted by molar-refractivity contribution is 0.103. The first-order valence-electron chi connectivity index (χ1n) is 8.50. The zero-order valence-electron chi connectivity index (χ0n) is 15.5. The number of ketones is 1. The highest BCUT2D eigenvalue weighted by Crippen LogP contribution is 2.35. The molecule has 26 heavy (non-hydrogen) atoms. The highest BCUT2D eigenvalue weighted by molar-refractivity contribution is 6.18. The number of nitriles is 1. The molecule has 0 saturated heterocycles. The molecule has 0 N–H and O–H groups in total. The fourth-order valence-electron chi connectivity index (χ4n) is 2.93. The summed E-state index contributed by atoms with van der Waals surface area (Å²) in [7, 11) is 0. The monoisotopic (exact) mass is 343 g/mol. The first kappa shape index (κ1) is 17.7. The number of carbonyl (C=O) groups is 1. The van der Waals surface area contributed by atoms with Crippen LogP contribution in [0.15, 0.2) is 53.5 Å². The van der Waals surface area contributed by atoms with Crippen LogP contribution in [0.2, 0.25) is 0 Å². The molecule has 1 heterocycles. The molecular weight excluding hydrogens is 322 g/mol. The van der Waals surface area contributed by atoms with E-state index in [0.29, 0.717) is 33.6 Å². The molecule has 0 unspecified atom stereocenters. The second-order valence-electron chi connectivity index (χ2n) is 7.57. The molecule has 3 aromatic rings. The highest BCUT2D eigenvalue weighted by Gasteiger charge is 2.24. The van der Waals surface area contributed by atoms with Crippen molar-refractivity contribution in [3.05, 3.63) is 77.1 Å². The van der Waals surface area contributed by atoms with Gasteiger partial charge in [-0.3, -0.25) is 4.79 Å². The Labute approximate surface area is 153 Å². The topological polar surface area (TPSA) is 54.0 Å². The molecule has 0 fully saturated rings. The summed E-state index contributed by atoms with van der Waals surface area (Å²) in [5.41, 5.74) is 4.05. The van der Waals surface area contributed by atoms with Crippen molar-refractivity contribution in [1.29, 1.82) is 5.26 Å². The summed E-state index contributed by atoms with van der Waals surface area (Å²) >= 11 is 0. The summed E-state index contributed by atoms with van der Waals surface area (Å²) in [6.45, 7) is 12.2. The fourth-order valence-corrected chi connectivity index (χ4v) is 2.93. The molecule has 3 rings (SSSR count). The number of allylic oxidation sites excluding steroid dienone is 1. The molecule has 130 valence electrons. The lowest BCUT2D eigenvalue weighted by atomic mass is 9.85. The first-order chi connectivity index (χ1) is 12.2. The summed E-state index contributed by atoms with van der Waals surface area (Å²) in [6, 6.07) is 14.7. The van der Waals surface area contributed by atoms with Crippen molar-refractivity contribution in [1.82, 2.24) is 0 Å². The Kier molecular flexibility index (Phi) is 4.29. The van der Waals surface area contributed by atoms with Gasteiger partial charge in [-0.1, -0.05) is 33.4 Å². The van der Waals surface area contributed by atoms with Crippen molar-refractivity contribution in [3.63, 3.8) is 0 Å². The molecule has 3 heteroatoms. The van der Waals surface area contributed by atoms with E-state index in [1.807, 2.05) is 25.1 Å². The van der Waals surface area contributed by atoms with Crippen molar-refractivity contribution in [3.8, 4) is 6.07 Å².